The van der Waals surface area contributed by atoms with Crippen molar-refractivity contribution in [2.75, 3.05) is 78.7 Å². The summed E-state index contributed by atoms with van der Waals surface area (Å²) in [5.41, 5.74) is 2.00. The third-order valence-electron chi connectivity index (χ3n) is 13.4. The number of piperidine rings is 5. The molecule has 5 N–H and O–H groups in total. The van der Waals surface area contributed by atoms with Gasteiger partial charge in [-0.05, 0) is 256 Å². The third-order valence-corrected chi connectivity index (χ3v) is 13.4. The molecule has 13 aliphatic rings. The van der Waals surface area contributed by atoms with E-state index in [1.807, 2.05) is 0 Å². The van der Waals surface area contributed by atoms with Crippen LogP contribution in [0, 0.1) is 74.9 Å². The van der Waals surface area contributed by atoms with Crippen molar-refractivity contribution in [1.29, 1.82) is 0 Å². The van der Waals surface area contributed by atoms with Crippen LogP contribution in [0.1, 0.15) is 494 Å². The molecular weight excluding hydrogens is 1320 g/mol. The van der Waals surface area contributed by atoms with E-state index >= 15 is 0 Å². The number of hydrogen-bond acceptors (Lipinski definition) is 6. The van der Waals surface area contributed by atoms with Crippen molar-refractivity contribution in [2.24, 2.45) is 74.9 Å². The van der Waals surface area contributed by atoms with Gasteiger partial charge in [0.05, 0.1) is 0 Å². The zero-order valence-corrected chi connectivity index (χ0v) is 84.1. The summed E-state index contributed by atoms with van der Waals surface area (Å²) in [5.74, 6) is 7.97. The molecule has 7 heterocycles. The number of fused-ring (bicyclic) bond motifs is 2. The predicted molar refractivity (Wildman–Crippen MR) is 515 cm³/mol. The van der Waals surface area contributed by atoms with Crippen LogP contribution in [0.15, 0.2) is 24.3 Å². The summed E-state index contributed by atoms with van der Waals surface area (Å²) in [5, 5.41) is 16.3. The van der Waals surface area contributed by atoms with Gasteiger partial charge in [-0.3, -0.25) is 0 Å². The van der Waals surface area contributed by atoms with Gasteiger partial charge in [-0.2, -0.15) is 0 Å². The van der Waals surface area contributed by atoms with Crippen LogP contribution in [-0.2, 0) is 4.74 Å². The molecule has 2 bridgehead atoms. The van der Waals surface area contributed by atoms with Crippen molar-refractivity contribution in [3.8, 4) is 0 Å². The number of nitrogens with one attached hydrogen (secondary N) is 5. The molecule has 7 saturated heterocycles. The summed E-state index contributed by atoms with van der Waals surface area (Å²) in [4.78, 5) is 0. The molecule has 6 aliphatic carbocycles. The van der Waals surface area contributed by atoms with Gasteiger partial charge in [0, 0.05) is 13.2 Å². The van der Waals surface area contributed by atoms with E-state index in [0.717, 1.165) is 66.5 Å². The van der Waals surface area contributed by atoms with Crippen molar-refractivity contribution in [3.63, 3.8) is 0 Å². The number of allylic oxidation sites excluding steroid dienone is 4. The average Bonchev–Trinajstić information content (AvgIpc) is 0.883. The second-order valence-electron chi connectivity index (χ2n) is 43.7. The molecule has 0 amide bonds. The van der Waals surface area contributed by atoms with E-state index in [9.17, 15) is 0 Å². The summed E-state index contributed by atoms with van der Waals surface area (Å²) < 4.78 is 4.72. The normalized spacial score (nSPS) is 19.2. The van der Waals surface area contributed by atoms with Gasteiger partial charge in [0.2, 0.25) is 0 Å². The van der Waals surface area contributed by atoms with E-state index in [1.54, 1.807) is 0 Å². The summed E-state index contributed by atoms with van der Waals surface area (Å²) in [7, 11) is 0. The molecule has 0 atom stereocenters. The fraction of sp³-hybridized carbons (Fsp3) is 0.961. The molecule has 4 saturated carbocycles. The Morgan fingerprint density at radius 1 is 0.202 bits per heavy atom. The summed E-state index contributed by atoms with van der Waals surface area (Å²) in [6.07, 6.45) is 62.4. The molecule has 0 spiro atoms. The van der Waals surface area contributed by atoms with Crippen LogP contribution in [0.3, 0.4) is 0 Å². The molecule has 0 aromatic carbocycles. The van der Waals surface area contributed by atoms with Gasteiger partial charge in [0.15, 0.2) is 0 Å². The van der Waals surface area contributed by atoms with Gasteiger partial charge in [-0.1, -0.05) is 402 Å². The van der Waals surface area contributed by atoms with Crippen molar-refractivity contribution in [1.82, 2.24) is 26.6 Å². The molecule has 7 aliphatic heterocycles. The largest absolute Gasteiger partial charge is 0.381 e. The van der Waals surface area contributed by atoms with E-state index in [2.05, 4.69) is 307 Å². The monoisotopic (exact) mass is 1550 g/mol. The van der Waals surface area contributed by atoms with Gasteiger partial charge >= 0.3 is 0 Å². The first-order chi connectivity index (χ1) is 50.6. The first kappa shape index (κ1) is 129. The van der Waals surface area contributed by atoms with Crippen LogP contribution in [0.4, 0.5) is 0 Å². The van der Waals surface area contributed by atoms with Crippen molar-refractivity contribution in [3.05, 3.63) is 24.3 Å². The maximum atomic E-state index is 4.72. The Labute approximate surface area is 698 Å². The zero-order chi connectivity index (χ0) is 85.9. The Morgan fingerprint density at radius 2 is 0.312 bits per heavy atom. The molecule has 0 unspecified atom stereocenters. The molecule has 109 heavy (non-hydrogen) atoms. The first-order valence-electron chi connectivity index (χ1n) is 48.0. The minimum atomic E-state index is 0.500. The molecule has 11 fully saturated rings. The lowest BCUT2D eigenvalue weighted by Crippen LogP contribution is -2.45. The van der Waals surface area contributed by atoms with E-state index < -0.39 is 0 Å². The van der Waals surface area contributed by atoms with Gasteiger partial charge < -0.3 is 31.3 Å². The number of hydrogen-bond donors (Lipinski definition) is 5. The number of ether oxygens (including phenoxy) is 1. The smallest absolute Gasteiger partial charge is 0.0488 e. The van der Waals surface area contributed by atoms with Gasteiger partial charge in [0.25, 0.3) is 0 Å². The molecule has 6 nitrogen and oxygen atoms in total. The molecular formula is C103H227N5O. The quantitative estimate of drug-likeness (QED) is 0.156. The Bertz CT molecular complexity index is 1200. The average molecular weight is 1550 g/mol. The molecule has 6 heteroatoms. The fourth-order valence-electron chi connectivity index (χ4n) is 8.77. The Kier molecular flexibility index (Phi) is 120. The molecule has 13 rings (SSSR count). The van der Waals surface area contributed by atoms with Crippen LogP contribution in [0.5, 0.6) is 0 Å². The third kappa shape index (κ3) is 263. The van der Waals surface area contributed by atoms with Crippen LogP contribution >= 0.6 is 0 Å². The fourth-order valence-corrected chi connectivity index (χ4v) is 8.77. The zero-order valence-electron chi connectivity index (χ0n) is 84.1. The first-order valence-corrected chi connectivity index (χ1v) is 48.0. The molecule has 0 aromatic rings. The Balaban J connectivity index is -0.000000118. The summed E-state index contributed by atoms with van der Waals surface area (Å²) in [6.45, 7) is 95.1. The van der Waals surface area contributed by atoms with Crippen molar-refractivity contribution < 1.29 is 4.74 Å². The SMILES string of the molecule is C1=CCCCC1.C1=CCCCC1.C1CCCC1.C1CCCC1.C1CCCCC1.C1CCNCC1.C1CCNCC1.C1CCNCC1.C1CNC1.C1COC1.C1NCC2CC1C2.CC(C)(C)C.CC(C)(C)C.CC(C)(C)C.CC(C)(C)C.CC(C)C.CC(C)C.CC(C)C.CC(C)C.CC(C)C.CC(C)C.CC(C)C. The molecule has 0 aromatic heterocycles. The highest BCUT2D eigenvalue weighted by Gasteiger charge is 2.32. The van der Waals surface area contributed by atoms with Crippen LogP contribution < -0.4 is 26.6 Å². The van der Waals surface area contributed by atoms with Crippen molar-refractivity contribution >= 4 is 0 Å². The minimum absolute atomic E-state index is 0.500. The predicted octanol–water partition coefficient (Wildman–Crippen LogP) is 33.6. The Morgan fingerprint density at radius 3 is 0.349 bits per heavy atom. The van der Waals surface area contributed by atoms with Gasteiger partial charge in [0.1, 0.15) is 0 Å². The second kappa shape index (κ2) is 101. The summed E-state index contributed by atoms with van der Waals surface area (Å²) in [6, 6.07) is 0. The standard InChI is InChI=1S/C6H11N.C6H12.2C6H10.3C5H11N.2C5H10.4C5H12.7C4H10.C3H7N.C3H6O/c1-5-2-6(1)4-7-3-5;6*1-2-4-6-5-3-1;2*1-2-4-5-3-1;4*1-5(2,3)4;7*1-4(2)3;2*1-2-4-3-1/h5-7H,1-4H2;1-6H2;2*1-2H,3-6H2;3*6H,1-5H2;2*1-5H2;4*1-4H3;7*4H,1-3H3;4H,1-3H2;1-3H2. The number of rotatable bonds is 0. The van der Waals surface area contributed by atoms with E-state index in [-0.39, 0.29) is 0 Å². The lowest BCUT2D eigenvalue weighted by atomic mass is 9.72. The van der Waals surface area contributed by atoms with E-state index in [0.29, 0.717) is 21.7 Å². The van der Waals surface area contributed by atoms with Crippen molar-refractivity contribution in [2.45, 2.75) is 494 Å². The maximum Gasteiger partial charge on any atom is 0.0488 e. The van der Waals surface area contributed by atoms with Crippen LogP contribution in [0.25, 0.3) is 0 Å². The Hall–Kier alpha value is -0.760. The van der Waals surface area contributed by atoms with Crippen LogP contribution in [-0.4, -0.2) is 78.7 Å². The highest BCUT2D eigenvalue weighted by Crippen LogP contribution is 2.35. The van der Waals surface area contributed by atoms with Gasteiger partial charge in [-0.25, -0.2) is 0 Å². The van der Waals surface area contributed by atoms with Gasteiger partial charge in [-0.15, -0.1) is 0 Å². The molecule has 0 radical (unpaired) electrons. The van der Waals surface area contributed by atoms with Crippen LogP contribution in [0.2, 0.25) is 0 Å². The highest BCUT2D eigenvalue weighted by atomic mass is 16.5. The minimum Gasteiger partial charge on any atom is -0.381 e. The van der Waals surface area contributed by atoms with E-state index in [1.165, 1.54) is 303 Å². The topological polar surface area (TPSA) is 69.4 Å². The second-order valence-corrected chi connectivity index (χ2v) is 43.7. The maximum absolute atomic E-state index is 4.72. The lowest BCUT2D eigenvalue weighted by Gasteiger charge is -2.41. The lowest BCUT2D eigenvalue weighted by molar-refractivity contribution is 0.0367. The molecule has 670 valence electrons. The highest BCUT2D eigenvalue weighted by molar-refractivity contribution is 4.87. The van der Waals surface area contributed by atoms with E-state index in [4.69, 9.17) is 4.74 Å². The summed E-state index contributed by atoms with van der Waals surface area (Å²) >= 11 is 0.